The van der Waals surface area contributed by atoms with Gasteiger partial charge in [-0.25, -0.2) is 9.67 Å². The number of fused-ring (bicyclic) bond motifs is 1. The SMILES string of the molecule is Cc1nc2cc(-n3ccc(C4CC4)n3)c(N)cc2s1. The summed E-state index contributed by atoms with van der Waals surface area (Å²) < 4.78 is 3.00. The summed E-state index contributed by atoms with van der Waals surface area (Å²) >= 11 is 1.67. The molecule has 96 valence electrons. The van der Waals surface area contributed by atoms with E-state index in [0.29, 0.717) is 5.92 Å². The zero-order chi connectivity index (χ0) is 13.0. The highest BCUT2D eigenvalue weighted by Gasteiger charge is 2.26. The quantitative estimate of drug-likeness (QED) is 0.727. The minimum Gasteiger partial charge on any atom is -0.397 e. The van der Waals surface area contributed by atoms with Crippen molar-refractivity contribution >= 4 is 27.2 Å². The maximum atomic E-state index is 6.15. The fraction of sp³-hybridized carbons (Fsp3) is 0.286. The number of hydrogen-bond acceptors (Lipinski definition) is 4. The Labute approximate surface area is 114 Å². The molecule has 0 atom stereocenters. The summed E-state index contributed by atoms with van der Waals surface area (Å²) in [6.07, 6.45) is 4.51. The van der Waals surface area contributed by atoms with Crippen molar-refractivity contribution in [2.45, 2.75) is 25.7 Å². The lowest BCUT2D eigenvalue weighted by Crippen LogP contribution is -2.00. The van der Waals surface area contributed by atoms with Crippen LogP contribution in [0.5, 0.6) is 0 Å². The van der Waals surface area contributed by atoms with E-state index in [2.05, 4.69) is 16.1 Å². The van der Waals surface area contributed by atoms with Crippen LogP contribution in [0.15, 0.2) is 24.4 Å². The zero-order valence-corrected chi connectivity index (χ0v) is 11.4. The first-order chi connectivity index (χ1) is 9.20. The molecular weight excluding hydrogens is 256 g/mol. The summed E-state index contributed by atoms with van der Waals surface area (Å²) in [5, 5.41) is 5.69. The molecule has 1 aliphatic carbocycles. The van der Waals surface area contributed by atoms with Crippen LogP contribution in [0.3, 0.4) is 0 Å². The average molecular weight is 270 g/mol. The standard InChI is InChI=1S/C14H14N4S/c1-8-16-12-7-13(10(15)6-14(12)19-8)18-5-4-11(17-18)9-2-3-9/h4-7,9H,2-3,15H2,1H3. The predicted octanol–water partition coefficient (Wildman–Crippen LogP) is 3.25. The summed E-state index contributed by atoms with van der Waals surface area (Å²) in [6, 6.07) is 6.11. The molecular formula is C14H14N4S. The molecule has 2 N–H and O–H groups in total. The van der Waals surface area contributed by atoms with Gasteiger partial charge in [0, 0.05) is 12.1 Å². The van der Waals surface area contributed by atoms with Gasteiger partial charge in [0.05, 0.1) is 32.3 Å². The van der Waals surface area contributed by atoms with Crippen molar-refractivity contribution in [3.63, 3.8) is 0 Å². The van der Waals surface area contributed by atoms with Gasteiger partial charge in [-0.1, -0.05) is 0 Å². The first-order valence-electron chi connectivity index (χ1n) is 6.43. The number of thiazole rings is 1. The summed E-state index contributed by atoms with van der Waals surface area (Å²) in [7, 11) is 0. The Morgan fingerprint density at radius 2 is 2.21 bits per heavy atom. The summed E-state index contributed by atoms with van der Waals surface area (Å²) in [4.78, 5) is 4.52. The molecule has 0 aliphatic heterocycles. The van der Waals surface area contributed by atoms with E-state index < -0.39 is 0 Å². The molecule has 0 bridgehead atoms. The Morgan fingerprint density at radius 3 is 3.00 bits per heavy atom. The summed E-state index contributed by atoms with van der Waals surface area (Å²) in [5.41, 5.74) is 9.99. The predicted molar refractivity (Wildman–Crippen MR) is 77.9 cm³/mol. The molecule has 0 unspecified atom stereocenters. The van der Waals surface area contributed by atoms with Gasteiger partial charge < -0.3 is 5.73 Å². The minimum absolute atomic E-state index is 0.660. The lowest BCUT2D eigenvalue weighted by atomic mass is 10.2. The van der Waals surface area contributed by atoms with Gasteiger partial charge in [-0.15, -0.1) is 11.3 Å². The molecule has 3 aromatic rings. The van der Waals surface area contributed by atoms with Crippen LogP contribution in [-0.2, 0) is 0 Å². The van der Waals surface area contributed by atoms with Crippen LogP contribution < -0.4 is 5.73 Å². The van der Waals surface area contributed by atoms with E-state index in [9.17, 15) is 0 Å². The van der Waals surface area contributed by atoms with Crippen molar-refractivity contribution in [3.05, 3.63) is 35.1 Å². The van der Waals surface area contributed by atoms with Gasteiger partial charge in [0.25, 0.3) is 0 Å². The number of aromatic nitrogens is 3. The van der Waals surface area contributed by atoms with E-state index in [1.165, 1.54) is 18.5 Å². The fourth-order valence-electron chi connectivity index (χ4n) is 2.36. The van der Waals surface area contributed by atoms with Crippen molar-refractivity contribution in [1.29, 1.82) is 0 Å². The number of hydrogen-bond donors (Lipinski definition) is 1. The lowest BCUT2D eigenvalue weighted by Gasteiger charge is -2.05. The second kappa shape index (κ2) is 3.81. The maximum absolute atomic E-state index is 6.15. The molecule has 1 aliphatic rings. The fourth-order valence-corrected chi connectivity index (χ4v) is 3.22. The highest BCUT2D eigenvalue weighted by Crippen LogP contribution is 2.39. The minimum atomic E-state index is 0.660. The Kier molecular flexibility index (Phi) is 2.20. The monoisotopic (exact) mass is 270 g/mol. The normalized spacial score (nSPS) is 15.2. The molecule has 0 spiro atoms. The largest absolute Gasteiger partial charge is 0.397 e. The maximum Gasteiger partial charge on any atom is 0.0907 e. The Balaban J connectivity index is 1.85. The van der Waals surface area contributed by atoms with Crippen LogP contribution in [0.25, 0.3) is 15.9 Å². The number of rotatable bonds is 2. The second-order valence-corrected chi connectivity index (χ2v) is 6.31. The molecule has 5 heteroatoms. The summed E-state index contributed by atoms with van der Waals surface area (Å²) in [5.74, 6) is 0.660. The Bertz CT molecular complexity index is 767. The first-order valence-corrected chi connectivity index (χ1v) is 7.25. The third-order valence-electron chi connectivity index (χ3n) is 3.50. The molecule has 19 heavy (non-hydrogen) atoms. The van der Waals surface area contributed by atoms with Crippen LogP contribution in [-0.4, -0.2) is 14.8 Å². The topological polar surface area (TPSA) is 56.7 Å². The van der Waals surface area contributed by atoms with E-state index in [-0.39, 0.29) is 0 Å². The third kappa shape index (κ3) is 1.81. The van der Waals surface area contributed by atoms with Gasteiger partial charge in [0.1, 0.15) is 0 Å². The number of anilines is 1. The summed E-state index contributed by atoms with van der Waals surface area (Å²) in [6.45, 7) is 2.01. The first kappa shape index (κ1) is 11.0. The molecule has 2 aromatic heterocycles. The van der Waals surface area contributed by atoms with Gasteiger partial charge in [-0.2, -0.15) is 5.10 Å². The molecule has 4 nitrogen and oxygen atoms in total. The van der Waals surface area contributed by atoms with Crippen molar-refractivity contribution in [2.24, 2.45) is 0 Å². The molecule has 0 radical (unpaired) electrons. The van der Waals surface area contributed by atoms with E-state index in [4.69, 9.17) is 5.73 Å². The Morgan fingerprint density at radius 1 is 1.37 bits per heavy atom. The van der Waals surface area contributed by atoms with Gasteiger partial charge in [-0.05, 0) is 38.0 Å². The van der Waals surface area contributed by atoms with Gasteiger partial charge in [0.15, 0.2) is 0 Å². The van der Waals surface area contributed by atoms with Crippen molar-refractivity contribution in [2.75, 3.05) is 5.73 Å². The van der Waals surface area contributed by atoms with E-state index in [1.54, 1.807) is 11.3 Å². The highest BCUT2D eigenvalue weighted by molar-refractivity contribution is 7.18. The Hall–Kier alpha value is -1.88. The van der Waals surface area contributed by atoms with Gasteiger partial charge in [0.2, 0.25) is 0 Å². The van der Waals surface area contributed by atoms with Crippen LogP contribution in [0.4, 0.5) is 5.69 Å². The van der Waals surface area contributed by atoms with E-state index >= 15 is 0 Å². The van der Waals surface area contributed by atoms with Crippen LogP contribution in [0, 0.1) is 6.92 Å². The molecule has 1 aromatic carbocycles. The van der Waals surface area contributed by atoms with Gasteiger partial charge >= 0.3 is 0 Å². The smallest absolute Gasteiger partial charge is 0.0907 e. The van der Waals surface area contributed by atoms with Crippen LogP contribution >= 0.6 is 11.3 Å². The molecule has 2 heterocycles. The molecule has 1 saturated carbocycles. The van der Waals surface area contributed by atoms with Crippen molar-refractivity contribution in [1.82, 2.24) is 14.8 Å². The number of aryl methyl sites for hydroxylation is 1. The van der Waals surface area contributed by atoms with E-state index in [1.807, 2.05) is 29.9 Å². The van der Waals surface area contributed by atoms with Crippen molar-refractivity contribution < 1.29 is 0 Å². The molecule has 0 saturated heterocycles. The van der Waals surface area contributed by atoms with Crippen LogP contribution in [0.2, 0.25) is 0 Å². The number of nitrogens with zero attached hydrogens (tertiary/aromatic N) is 3. The number of benzene rings is 1. The average Bonchev–Trinajstić information content (AvgIpc) is 2.99. The highest BCUT2D eigenvalue weighted by atomic mass is 32.1. The van der Waals surface area contributed by atoms with Crippen molar-refractivity contribution in [3.8, 4) is 5.69 Å². The molecule has 4 rings (SSSR count). The van der Waals surface area contributed by atoms with Crippen LogP contribution in [0.1, 0.15) is 29.5 Å². The molecule has 1 fully saturated rings. The van der Waals surface area contributed by atoms with E-state index in [0.717, 1.165) is 26.6 Å². The lowest BCUT2D eigenvalue weighted by molar-refractivity contribution is 0.840. The third-order valence-corrected chi connectivity index (χ3v) is 4.43. The number of nitrogen functional groups attached to an aromatic ring is 1. The zero-order valence-electron chi connectivity index (χ0n) is 10.6. The van der Waals surface area contributed by atoms with Gasteiger partial charge in [-0.3, -0.25) is 0 Å². The second-order valence-electron chi connectivity index (χ2n) is 5.07. The number of nitrogens with two attached hydrogens (primary N) is 1. The molecule has 0 amide bonds.